The summed E-state index contributed by atoms with van der Waals surface area (Å²) in [6, 6.07) is 10.5. The van der Waals surface area contributed by atoms with E-state index < -0.39 is 5.60 Å². The standard InChI is InChI=1S/C14H22N2O2/c1-14(2,18-15)13-11-16(8-9-17-13)10-12-6-4-3-5-7-12/h3-7,13H,8-11,15H2,1-2H3. The molecule has 1 heterocycles. The molecule has 2 rings (SSSR count). The van der Waals surface area contributed by atoms with Crippen molar-refractivity contribution in [3.05, 3.63) is 35.9 Å². The van der Waals surface area contributed by atoms with Crippen molar-refractivity contribution in [2.75, 3.05) is 19.7 Å². The van der Waals surface area contributed by atoms with Crippen LogP contribution < -0.4 is 5.90 Å². The SMILES string of the molecule is CC(C)(ON)C1CN(Cc2ccccc2)CCO1. The van der Waals surface area contributed by atoms with Crippen molar-refractivity contribution in [3.8, 4) is 0 Å². The van der Waals surface area contributed by atoms with Crippen LogP contribution in [0.5, 0.6) is 0 Å². The summed E-state index contributed by atoms with van der Waals surface area (Å²) in [6.07, 6.45) is 0.0139. The minimum Gasteiger partial charge on any atom is -0.372 e. The molecule has 0 bridgehead atoms. The predicted molar refractivity (Wildman–Crippen MR) is 70.8 cm³/mol. The maximum atomic E-state index is 5.75. The lowest BCUT2D eigenvalue weighted by molar-refractivity contribution is -0.158. The number of hydrogen-bond acceptors (Lipinski definition) is 4. The quantitative estimate of drug-likeness (QED) is 0.824. The van der Waals surface area contributed by atoms with E-state index in [4.69, 9.17) is 15.5 Å². The van der Waals surface area contributed by atoms with E-state index in [1.165, 1.54) is 5.56 Å². The number of hydrogen-bond donors (Lipinski definition) is 1. The zero-order valence-electron chi connectivity index (χ0n) is 11.1. The molecule has 1 fully saturated rings. The van der Waals surface area contributed by atoms with Gasteiger partial charge in [0, 0.05) is 19.6 Å². The van der Waals surface area contributed by atoms with E-state index in [0.717, 1.165) is 26.2 Å². The Balaban J connectivity index is 1.95. The third-order valence-electron chi connectivity index (χ3n) is 3.48. The molecule has 1 aromatic rings. The molecule has 0 aliphatic carbocycles. The Kier molecular flexibility index (Phi) is 4.35. The molecule has 4 nitrogen and oxygen atoms in total. The van der Waals surface area contributed by atoms with Crippen molar-refractivity contribution in [1.82, 2.24) is 4.90 Å². The molecule has 0 saturated carbocycles. The van der Waals surface area contributed by atoms with Gasteiger partial charge >= 0.3 is 0 Å². The Morgan fingerprint density at radius 3 is 2.78 bits per heavy atom. The Morgan fingerprint density at radius 2 is 2.11 bits per heavy atom. The van der Waals surface area contributed by atoms with E-state index in [-0.39, 0.29) is 6.10 Å². The first-order valence-corrected chi connectivity index (χ1v) is 6.37. The second-order valence-electron chi connectivity index (χ2n) is 5.30. The van der Waals surface area contributed by atoms with Crippen LogP contribution in [0.4, 0.5) is 0 Å². The van der Waals surface area contributed by atoms with E-state index in [9.17, 15) is 0 Å². The molecular formula is C14H22N2O2. The highest BCUT2D eigenvalue weighted by molar-refractivity contribution is 5.14. The fourth-order valence-corrected chi connectivity index (χ4v) is 2.18. The number of benzene rings is 1. The van der Waals surface area contributed by atoms with Gasteiger partial charge in [0.15, 0.2) is 0 Å². The van der Waals surface area contributed by atoms with Crippen LogP contribution in [-0.2, 0) is 16.1 Å². The van der Waals surface area contributed by atoms with Crippen LogP contribution in [0.1, 0.15) is 19.4 Å². The Labute approximate surface area is 109 Å². The van der Waals surface area contributed by atoms with Crippen LogP contribution in [0.15, 0.2) is 30.3 Å². The molecule has 100 valence electrons. The normalized spacial score (nSPS) is 22.1. The monoisotopic (exact) mass is 250 g/mol. The zero-order valence-corrected chi connectivity index (χ0v) is 11.1. The van der Waals surface area contributed by atoms with Crippen molar-refractivity contribution < 1.29 is 9.57 Å². The van der Waals surface area contributed by atoms with Gasteiger partial charge in [0.05, 0.1) is 6.61 Å². The molecule has 1 atom stereocenters. The fourth-order valence-electron chi connectivity index (χ4n) is 2.18. The largest absolute Gasteiger partial charge is 0.372 e. The molecule has 1 unspecified atom stereocenters. The molecule has 0 aromatic heterocycles. The van der Waals surface area contributed by atoms with Gasteiger partial charge in [-0.3, -0.25) is 9.74 Å². The van der Waals surface area contributed by atoms with Gasteiger partial charge in [-0.05, 0) is 19.4 Å². The minimum atomic E-state index is -0.449. The van der Waals surface area contributed by atoms with Crippen molar-refractivity contribution in [3.63, 3.8) is 0 Å². The Hall–Kier alpha value is -0.940. The van der Waals surface area contributed by atoms with E-state index in [1.54, 1.807) is 0 Å². The van der Waals surface area contributed by atoms with Gasteiger partial charge in [-0.1, -0.05) is 30.3 Å². The van der Waals surface area contributed by atoms with Crippen molar-refractivity contribution in [2.24, 2.45) is 5.90 Å². The first kappa shape index (κ1) is 13.5. The molecular weight excluding hydrogens is 228 g/mol. The lowest BCUT2D eigenvalue weighted by atomic mass is 10.00. The summed E-state index contributed by atoms with van der Waals surface area (Å²) in [5, 5.41) is 0. The first-order chi connectivity index (χ1) is 8.62. The average Bonchev–Trinajstić information content (AvgIpc) is 2.40. The third kappa shape index (κ3) is 3.29. The van der Waals surface area contributed by atoms with Crippen LogP contribution in [0.25, 0.3) is 0 Å². The zero-order chi connectivity index (χ0) is 13.0. The van der Waals surface area contributed by atoms with E-state index >= 15 is 0 Å². The molecule has 2 N–H and O–H groups in total. The summed E-state index contributed by atoms with van der Waals surface area (Å²) in [6.45, 7) is 7.39. The van der Waals surface area contributed by atoms with Crippen molar-refractivity contribution >= 4 is 0 Å². The summed E-state index contributed by atoms with van der Waals surface area (Å²) < 4.78 is 5.75. The van der Waals surface area contributed by atoms with E-state index in [2.05, 4.69) is 29.2 Å². The molecule has 0 spiro atoms. The lowest BCUT2D eigenvalue weighted by Gasteiger charge is -2.39. The van der Waals surface area contributed by atoms with Crippen molar-refractivity contribution in [1.29, 1.82) is 0 Å². The highest BCUT2D eigenvalue weighted by atomic mass is 16.6. The van der Waals surface area contributed by atoms with Gasteiger partial charge in [-0.2, -0.15) is 0 Å². The number of morpholine rings is 1. The summed E-state index contributed by atoms with van der Waals surface area (Å²) in [5.74, 6) is 5.34. The molecule has 1 aliphatic rings. The molecule has 1 saturated heterocycles. The number of nitrogens with two attached hydrogens (primary N) is 1. The summed E-state index contributed by atoms with van der Waals surface area (Å²) in [4.78, 5) is 7.40. The topological polar surface area (TPSA) is 47.7 Å². The molecule has 4 heteroatoms. The first-order valence-electron chi connectivity index (χ1n) is 6.37. The smallest absolute Gasteiger partial charge is 0.111 e. The number of rotatable bonds is 4. The molecule has 1 aromatic carbocycles. The van der Waals surface area contributed by atoms with E-state index in [1.807, 2.05) is 19.9 Å². The highest BCUT2D eigenvalue weighted by Gasteiger charge is 2.35. The third-order valence-corrected chi connectivity index (χ3v) is 3.48. The fraction of sp³-hybridized carbons (Fsp3) is 0.571. The van der Waals surface area contributed by atoms with Gasteiger partial charge < -0.3 is 4.74 Å². The second kappa shape index (κ2) is 5.80. The van der Waals surface area contributed by atoms with Crippen LogP contribution in [0.2, 0.25) is 0 Å². The van der Waals surface area contributed by atoms with Gasteiger partial charge in [-0.15, -0.1) is 0 Å². The number of ether oxygens (including phenoxy) is 1. The predicted octanol–water partition coefficient (Wildman–Crippen LogP) is 1.56. The van der Waals surface area contributed by atoms with Crippen LogP contribution in [0.3, 0.4) is 0 Å². The summed E-state index contributed by atoms with van der Waals surface area (Å²) in [7, 11) is 0. The van der Waals surface area contributed by atoms with Gasteiger partial charge in [-0.25, -0.2) is 5.90 Å². The maximum Gasteiger partial charge on any atom is 0.111 e. The Bertz CT molecular complexity index is 367. The number of nitrogens with zero attached hydrogens (tertiary/aromatic N) is 1. The molecule has 18 heavy (non-hydrogen) atoms. The van der Waals surface area contributed by atoms with Crippen LogP contribution in [0, 0.1) is 0 Å². The minimum absolute atomic E-state index is 0.0139. The van der Waals surface area contributed by atoms with Crippen LogP contribution in [-0.4, -0.2) is 36.3 Å². The maximum absolute atomic E-state index is 5.75. The van der Waals surface area contributed by atoms with Gasteiger partial charge in [0.2, 0.25) is 0 Å². The average molecular weight is 250 g/mol. The molecule has 0 amide bonds. The second-order valence-corrected chi connectivity index (χ2v) is 5.30. The summed E-state index contributed by atoms with van der Waals surface area (Å²) >= 11 is 0. The molecule has 1 aliphatic heterocycles. The van der Waals surface area contributed by atoms with Gasteiger partial charge in [0.1, 0.15) is 11.7 Å². The lowest BCUT2D eigenvalue weighted by Crippen LogP contribution is -2.53. The van der Waals surface area contributed by atoms with E-state index in [0.29, 0.717) is 0 Å². The van der Waals surface area contributed by atoms with Crippen LogP contribution >= 0.6 is 0 Å². The Morgan fingerprint density at radius 1 is 1.39 bits per heavy atom. The summed E-state index contributed by atoms with van der Waals surface area (Å²) in [5.41, 5.74) is 0.875. The molecule has 0 radical (unpaired) electrons. The van der Waals surface area contributed by atoms with Crippen molar-refractivity contribution in [2.45, 2.75) is 32.1 Å². The highest BCUT2D eigenvalue weighted by Crippen LogP contribution is 2.21. The van der Waals surface area contributed by atoms with Gasteiger partial charge in [0.25, 0.3) is 0 Å².